The van der Waals surface area contributed by atoms with Gasteiger partial charge >= 0.3 is 0 Å². The standard InChI is InChI=1S/C19H24N4O2/c1-2-23(11-10-20-18(24)15-4-3-5-15)19(25)16-8-6-14(7-9-16)17-12-21-22-13-17/h6-9,12-13,15H,2-5,10-11H2,1H3,(H,20,24)(H,21,22). The van der Waals surface area contributed by atoms with Gasteiger partial charge in [-0.05, 0) is 37.5 Å². The van der Waals surface area contributed by atoms with E-state index in [1.165, 1.54) is 0 Å². The van der Waals surface area contributed by atoms with Crippen LogP contribution in [-0.2, 0) is 4.79 Å². The second kappa shape index (κ2) is 7.96. The summed E-state index contributed by atoms with van der Waals surface area (Å²) in [7, 11) is 0. The van der Waals surface area contributed by atoms with Gasteiger partial charge in [0, 0.05) is 42.9 Å². The zero-order valence-electron chi connectivity index (χ0n) is 14.5. The van der Waals surface area contributed by atoms with Crippen molar-refractivity contribution in [1.29, 1.82) is 0 Å². The lowest BCUT2D eigenvalue weighted by molar-refractivity contribution is -0.127. The molecule has 3 rings (SSSR count). The van der Waals surface area contributed by atoms with Crippen LogP contribution in [-0.4, -0.2) is 46.5 Å². The zero-order chi connectivity index (χ0) is 17.6. The minimum Gasteiger partial charge on any atom is -0.354 e. The average molecular weight is 340 g/mol. The molecular weight excluding hydrogens is 316 g/mol. The molecule has 2 amide bonds. The Balaban J connectivity index is 1.54. The normalized spacial score (nSPS) is 14.0. The van der Waals surface area contributed by atoms with Crippen LogP contribution in [0.5, 0.6) is 0 Å². The number of carbonyl (C=O) groups excluding carboxylic acids is 2. The molecular formula is C19H24N4O2. The molecule has 0 unspecified atom stereocenters. The maximum Gasteiger partial charge on any atom is 0.253 e. The van der Waals surface area contributed by atoms with Crippen molar-refractivity contribution in [1.82, 2.24) is 20.4 Å². The van der Waals surface area contributed by atoms with Gasteiger partial charge in [-0.3, -0.25) is 14.7 Å². The molecule has 2 N–H and O–H groups in total. The molecule has 0 saturated heterocycles. The Morgan fingerprint density at radius 3 is 2.56 bits per heavy atom. The highest BCUT2D eigenvalue weighted by Gasteiger charge is 2.25. The van der Waals surface area contributed by atoms with Crippen molar-refractivity contribution in [3.8, 4) is 11.1 Å². The molecule has 1 heterocycles. The molecule has 25 heavy (non-hydrogen) atoms. The summed E-state index contributed by atoms with van der Waals surface area (Å²) in [6, 6.07) is 7.51. The number of nitrogens with one attached hydrogen (secondary N) is 2. The summed E-state index contributed by atoms with van der Waals surface area (Å²) in [4.78, 5) is 26.3. The molecule has 0 radical (unpaired) electrons. The Hall–Kier alpha value is -2.63. The van der Waals surface area contributed by atoms with Crippen molar-refractivity contribution in [2.75, 3.05) is 19.6 Å². The summed E-state index contributed by atoms with van der Waals surface area (Å²) >= 11 is 0. The van der Waals surface area contributed by atoms with Crippen molar-refractivity contribution >= 4 is 11.8 Å². The van der Waals surface area contributed by atoms with Gasteiger partial charge in [0.25, 0.3) is 5.91 Å². The van der Waals surface area contributed by atoms with Crippen LogP contribution >= 0.6 is 0 Å². The first-order valence-corrected chi connectivity index (χ1v) is 8.85. The molecule has 0 atom stereocenters. The summed E-state index contributed by atoms with van der Waals surface area (Å²) < 4.78 is 0. The van der Waals surface area contributed by atoms with E-state index in [1.54, 1.807) is 11.1 Å². The second-order valence-electron chi connectivity index (χ2n) is 6.37. The van der Waals surface area contributed by atoms with Gasteiger partial charge in [-0.25, -0.2) is 0 Å². The summed E-state index contributed by atoms with van der Waals surface area (Å²) in [5.74, 6) is 0.291. The predicted molar refractivity (Wildman–Crippen MR) is 96.0 cm³/mol. The van der Waals surface area contributed by atoms with Crippen LogP contribution in [0, 0.1) is 5.92 Å². The van der Waals surface area contributed by atoms with Gasteiger partial charge in [0.15, 0.2) is 0 Å². The number of hydrogen-bond donors (Lipinski definition) is 2. The summed E-state index contributed by atoms with van der Waals surface area (Å²) in [6.45, 7) is 3.59. The van der Waals surface area contributed by atoms with Crippen molar-refractivity contribution < 1.29 is 9.59 Å². The van der Waals surface area contributed by atoms with Crippen LogP contribution < -0.4 is 5.32 Å². The Kier molecular flexibility index (Phi) is 5.48. The third kappa shape index (κ3) is 4.07. The number of aromatic amines is 1. The van der Waals surface area contributed by atoms with Gasteiger partial charge < -0.3 is 10.2 Å². The lowest BCUT2D eigenvalue weighted by Crippen LogP contribution is -2.41. The quantitative estimate of drug-likeness (QED) is 0.813. The summed E-state index contributed by atoms with van der Waals surface area (Å²) in [5.41, 5.74) is 2.66. The number of nitrogens with zero attached hydrogens (tertiary/aromatic N) is 2. The van der Waals surface area contributed by atoms with Crippen LogP contribution in [0.25, 0.3) is 11.1 Å². The summed E-state index contributed by atoms with van der Waals surface area (Å²) in [5, 5.41) is 9.66. The molecule has 6 heteroatoms. The fraction of sp³-hybridized carbons (Fsp3) is 0.421. The summed E-state index contributed by atoms with van der Waals surface area (Å²) in [6.07, 6.45) is 6.70. The lowest BCUT2D eigenvalue weighted by atomic mass is 9.85. The van der Waals surface area contributed by atoms with Crippen LogP contribution in [0.4, 0.5) is 0 Å². The minimum absolute atomic E-state index is 0.0147. The van der Waals surface area contributed by atoms with Gasteiger partial charge in [0.2, 0.25) is 5.91 Å². The smallest absolute Gasteiger partial charge is 0.253 e. The first-order valence-electron chi connectivity index (χ1n) is 8.85. The fourth-order valence-electron chi connectivity index (χ4n) is 2.93. The number of hydrogen-bond acceptors (Lipinski definition) is 3. The molecule has 1 saturated carbocycles. The molecule has 132 valence electrons. The van der Waals surface area contributed by atoms with E-state index < -0.39 is 0 Å². The Morgan fingerprint density at radius 2 is 2.00 bits per heavy atom. The van der Waals surface area contributed by atoms with Gasteiger partial charge in [-0.1, -0.05) is 18.6 Å². The lowest BCUT2D eigenvalue weighted by Gasteiger charge is -2.25. The van der Waals surface area contributed by atoms with Crippen LogP contribution in [0.15, 0.2) is 36.7 Å². The molecule has 1 aromatic heterocycles. The molecule has 6 nitrogen and oxygen atoms in total. The molecule has 1 aliphatic carbocycles. The molecule has 0 spiro atoms. The molecule has 0 bridgehead atoms. The van der Waals surface area contributed by atoms with Gasteiger partial charge in [0.05, 0.1) is 6.20 Å². The van der Waals surface area contributed by atoms with E-state index in [4.69, 9.17) is 0 Å². The number of aromatic nitrogens is 2. The monoisotopic (exact) mass is 340 g/mol. The Morgan fingerprint density at radius 1 is 1.24 bits per heavy atom. The third-order valence-corrected chi connectivity index (χ3v) is 4.79. The van der Waals surface area contributed by atoms with Gasteiger partial charge in [-0.15, -0.1) is 0 Å². The van der Waals surface area contributed by atoms with Gasteiger partial charge in [-0.2, -0.15) is 5.10 Å². The maximum atomic E-state index is 12.6. The molecule has 1 fully saturated rings. The van der Waals surface area contributed by atoms with E-state index in [9.17, 15) is 9.59 Å². The second-order valence-corrected chi connectivity index (χ2v) is 6.37. The number of benzene rings is 1. The number of likely N-dealkylation sites (N-methyl/N-ethyl adjacent to an activating group) is 1. The highest BCUT2D eigenvalue weighted by molar-refractivity contribution is 5.94. The van der Waals surface area contributed by atoms with Crippen LogP contribution in [0.3, 0.4) is 0 Å². The topological polar surface area (TPSA) is 78.1 Å². The van der Waals surface area contributed by atoms with E-state index in [2.05, 4.69) is 15.5 Å². The average Bonchev–Trinajstić information content (AvgIpc) is 3.11. The zero-order valence-corrected chi connectivity index (χ0v) is 14.5. The first-order chi connectivity index (χ1) is 12.2. The first kappa shape index (κ1) is 17.2. The highest BCUT2D eigenvalue weighted by atomic mass is 16.2. The van der Waals surface area contributed by atoms with Gasteiger partial charge in [0.1, 0.15) is 0 Å². The van der Waals surface area contributed by atoms with Crippen molar-refractivity contribution in [2.24, 2.45) is 5.92 Å². The predicted octanol–water partition coefficient (Wildman–Crippen LogP) is 2.46. The number of amides is 2. The number of rotatable bonds is 7. The Bertz CT molecular complexity index is 706. The fourth-order valence-corrected chi connectivity index (χ4v) is 2.93. The van der Waals surface area contributed by atoms with Crippen LogP contribution in [0.2, 0.25) is 0 Å². The van der Waals surface area contributed by atoms with E-state index >= 15 is 0 Å². The molecule has 1 aliphatic rings. The molecule has 1 aromatic carbocycles. The maximum absolute atomic E-state index is 12.6. The van der Waals surface area contributed by atoms with E-state index in [1.807, 2.05) is 37.4 Å². The Labute approximate surface area is 147 Å². The largest absolute Gasteiger partial charge is 0.354 e. The third-order valence-electron chi connectivity index (χ3n) is 4.79. The van der Waals surface area contributed by atoms with E-state index in [-0.39, 0.29) is 17.7 Å². The number of H-pyrrole nitrogens is 1. The molecule has 0 aliphatic heterocycles. The van der Waals surface area contributed by atoms with E-state index in [0.717, 1.165) is 30.4 Å². The van der Waals surface area contributed by atoms with Crippen molar-refractivity contribution in [3.63, 3.8) is 0 Å². The molecule has 2 aromatic rings. The minimum atomic E-state index is -0.0147. The van der Waals surface area contributed by atoms with Crippen molar-refractivity contribution in [2.45, 2.75) is 26.2 Å². The highest BCUT2D eigenvalue weighted by Crippen LogP contribution is 2.26. The number of carbonyl (C=O) groups is 2. The van der Waals surface area contributed by atoms with Crippen molar-refractivity contribution in [3.05, 3.63) is 42.2 Å². The van der Waals surface area contributed by atoms with E-state index in [0.29, 0.717) is 25.2 Å². The SMILES string of the molecule is CCN(CCNC(=O)C1CCC1)C(=O)c1ccc(-c2cn[nH]c2)cc1. The van der Waals surface area contributed by atoms with Crippen LogP contribution in [0.1, 0.15) is 36.5 Å².